The number of hydrogen-bond acceptors (Lipinski definition) is 4. The molecule has 1 saturated heterocycles. The van der Waals surface area contributed by atoms with Crippen LogP contribution in [0.25, 0.3) is 0 Å². The highest BCUT2D eigenvalue weighted by atomic mass is 16.5. The van der Waals surface area contributed by atoms with Gasteiger partial charge < -0.3 is 10.1 Å². The van der Waals surface area contributed by atoms with Crippen LogP contribution in [-0.4, -0.2) is 42.3 Å². The zero-order valence-electron chi connectivity index (χ0n) is 18.1. The summed E-state index contributed by atoms with van der Waals surface area (Å²) in [5, 5.41) is 3.08. The fourth-order valence-corrected chi connectivity index (χ4v) is 3.95. The second-order valence-corrected chi connectivity index (χ2v) is 8.11. The molecule has 0 aromatic heterocycles. The topological polar surface area (TPSA) is 58.6 Å². The van der Waals surface area contributed by atoms with Gasteiger partial charge in [0, 0.05) is 36.8 Å². The molecule has 1 N–H and O–H groups in total. The zero-order chi connectivity index (χ0) is 22.2. The van der Waals surface area contributed by atoms with E-state index in [9.17, 15) is 9.59 Å². The summed E-state index contributed by atoms with van der Waals surface area (Å²) in [6, 6.07) is 26.7. The van der Waals surface area contributed by atoms with Crippen LogP contribution < -0.4 is 10.1 Å². The van der Waals surface area contributed by atoms with Gasteiger partial charge in [0.25, 0.3) is 5.91 Å². The molecule has 0 radical (unpaired) electrons. The van der Waals surface area contributed by atoms with Gasteiger partial charge in [-0.3, -0.25) is 14.5 Å². The van der Waals surface area contributed by atoms with Gasteiger partial charge in [-0.2, -0.15) is 0 Å². The van der Waals surface area contributed by atoms with E-state index < -0.39 is 0 Å². The van der Waals surface area contributed by atoms with Crippen LogP contribution in [0.4, 0.5) is 0 Å². The molecule has 0 atom stereocenters. The van der Waals surface area contributed by atoms with E-state index >= 15 is 0 Å². The smallest absolute Gasteiger partial charge is 0.258 e. The number of benzene rings is 3. The largest absolute Gasteiger partial charge is 0.484 e. The predicted octanol–water partition coefficient (Wildman–Crippen LogP) is 4.08. The van der Waals surface area contributed by atoms with Crippen LogP contribution in [0, 0.1) is 0 Å². The Morgan fingerprint density at radius 3 is 2.06 bits per heavy atom. The van der Waals surface area contributed by atoms with Crippen LogP contribution in [0.15, 0.2) is 84.9 Å². The Morgan fingerprint density at radius 2 is 1.41 bits per heavy atom. The van der Waals surface area contributed by atoms with E-state index in [1.54, 1.807) is 36.4 Å². The Morgan fingerprint density at radius 1 is 0.812 bits per heavy atom. The number of ether oxygens (including phenoxy) is 1. The standard InChI is InChI=1S/C27H28N2O3/c30-26(28-24-15-17-29(18-16-24)19-21-7-3-1-4-8-21)20-32-25-13-11-23(12-14-25)27(31)22-9-5-2-6-10-22/h1-14,24H,15-20H2,(H,28,30). The highest BCUT2D eigenvalue weighted by Crippen LogP contribution is 2.16. The molecular formula is C27H28N2O3. The Hall–Kier alpha value is -3.44. The number of nitrogens with one attached hydrogen (secondary N) is 1. The maximum Gasteiger partial charge on any atom is 0.258 e. The van der Waals surface area contributed by atoms with E-state index in [0.29, 0.717) is 16.9 Å². The van der Waals surface area contributed by atoms with Crippen molar-refractivity contribution in [3.05, 3.63) is 102 Å². The molecular weight excluding hydrogens is 400 g/mol. The Labute approximate surface area is 189 Å². The van der Waals surface area contributed by atoms with E-state index in [4.69, 9.17) is 4.74 Å². The molecule has 0 saturated carbocycles. The SMILES string of the molecule is O=C(COc1ccc(C(=O)c2ccccc2)cc1)NC1CCN(Cc2ccccc2)CC1. The van der Waals surface area contributed by atoms with Gasteiger partial charge >= 0.3 is 0 Å². The van der Waals surface area contributed by atoms with Crippen molar-refractivity contribution >= 4 is 11.7 Å². The first kappa shape index (κ1) is 21.8. The molecule has 0 spiro atoms. The summed E-state index contributed by atoms with van der Waals surface area (Å²) in [5.41, 5.74) is 2.56. The Bertz CT molecular complexity index is 1010. The minimum absolute atomic E-state index is 0.0315. The van der Waals surface area contributed by atoms with Crippen LogP contribution in [0.1, 0.15) is 34.3 Å². The van der Waals surface area contributed by atoms with E-state index in [2.05, 4.69) is 34.5 Å². The van der Waals surface area contributed by atoms with Crippen molar-refractivity contribution in [3.63, 3.8) is 0 Å². The van der Waals surface area contributed by atoms with Gasteiger partial charge in [-0.25, -0.2) is 0 Å². The zero-order valence-corrected chi connectivity index (χ0v) is 18.1. The number of rotatable bonds is 8. The number of ketones is 1. The van der Waals surface area contributed by atoms with Crippen molar-refractivity contribution < 1.29 is 14.3 Å². The molecule has 3 aromatic rings. The predicted molar refractivity (Wildman–Crippen MR) is 125 cm³/mol. The number of hydrogen-bond donors (Lipinski definition) is 1. The minimum Gasteiger partial charge on any atom is -0.484 e. The van der Waals surface area contributed by atoms with Gasteiger partial charge in [0.1, 0.15) is 5.75 Å². The van der Waals surface area contributed by atoms with Gasteiger partial charge in [0.05, 0.1) is 0 Å². The normalized spacial score (nSPS) is 14.6. The van der Waals surface area contributed by atoms with Crippen molar-refractivity contribution in [2.45, 2.75) is 25.4 Å². The average molecular weight is 429 g/mol. The Kier molecular flexibility index (Phi) is 7.31. The number of amides is 1. The first-order valence-corrected chi connectivity index (χ1v) is 11.1. The highest BCUT2D eigenvalue weighted by Gasteiger charge is 2.21. The second kappa shape index (κ2) is 10.7. The first-order chi connectivity index (χ1) is 15.7. The van der Waals surface area contributed by atoms with Crippen LogP contribution in [0.2, 0.25) is 0 Å². The molecule has 5 heteroatoms. The molecule has 5 nitrogen and oxygen atoms in total. The molecule has 0 unspecified atom stereocenters. The van der Waals surface area contributed by atoms with Crippen LogP contribution in [-0.2, 0) is 11.3 Å². The third-order valence-corrected chi connectivity index (χ3v) is 5.72. The van der Waals surface area contributed by atoms with Crippen molar-refractivity contribution in [3.8, 4) is 5.75 Å². The molecule has 4 rings (SSSR count). The molecule has 1 aliphatic heterocycles. The molecule has 1 fully saturated rings. The lowest BCUT2D eigenvalue weighted by Crippen LogP contribution is -2.45. The third-order valence-electron chi connectivity index (χ3n) is 5.72. The summed E-state index contributed by atoms with van der Waals surface area (Å²) in [5.74, 6) is 0.423. The maximum absolute atomic E-state index is 12.5. The first-order valence-electron chi connectivity index (χ1n) is 11.1. The molecule has 3 aromatic carbocycles. The molecule has 0 bridgehead atoms. The second-order valence-electron chi connectivity index (χ2n) is 8.11. The van der Waals surface area contributed by atoms with E-state index in [1.165, 1.54) is 5.56 Å². The number of carbonyl (C=O) groups excluding carboxylic acids is 2. The average Bonchev–Trinajstić information content (AvgIpc) is 2.85. The number of carbonyl (C=O) groups is 2. The van der Waals surface area contributed by atoms with Crippen LogP contribution in [0.5, 0.6) is 5.75 Å². The van der Waals surface area contributed by atoms with Gasteiger partial charge in [0.15, 0.2) is 12.4 Å². The lowest BCUT2D eigenvalue weighted by Gasteiger charge is -2.32. The fraction of sp³-hybridized carbons (Fsp3) is 0.259. The van der Waals surface area contributed by atoms with E-state index in [1.807, 2.05) is 24.3 Å². The number of piperidine rings is 1. The van der Waals surface area contributed by atoms with Crippen molar-refractivity contribution in [2.75, 3.05) is 19.7 Å². The molecule has 1 heterocycles. The van der Waals surface area contributed by atoms with Gasteiger partial charge in [0.2, 0.25) is 0 Å². The monoisotopic (exact) mass is 428 g/mol. The Balaban J connectivity index is 1.19. The molecule has 164 valence electrons. The van der Waals surface area contributed by atoms with Crippen molar-refractivity contribution in [2.24, 2.45) is 0 Å². The third kappa shape index (κ3) is 6.05. The summed E-state index contributed by atoms with van der Waals surface area (Å²) >= 11 is 0. The molecule has 32 heavy (non-hydrogen) atoms. The minimum atomic E-state index is -0.115. The lowest BCUT2D eigenvalue weighted by molar-refractivity contribution is -0.124. The van der Waals surface area contributed by atoms with E-state index in [-0.39, 0.29) is 24.3 Å². The van der Waals surface area contributed by atoms with Crippen molar-refractivity contribution in [1.29, 1.82) is 0 Å². The lowest BCUT2D eigenvalue weighted by atomic mass is 10.0. The molecule has 0 aliphatic carbocycles. The van der Waals surface area contributed by atoms with Crippen molar-refractivity contribution in [1.82, 2.24) is 10.2 Å². The van der Waals surface area contributed by atoms with Gasteiger partial charge in [-0.15, -0.1) is 0 Å². The summed E-state index contributed by atoms with van der Waals surface area (Å²) in [6.45, 7) is 2.86. The summed E-state index contributed by atoms with van der Waals surface area (Å²) in [6.07, 6.45) is 1.88. The quantitative estimate of drug-likeness (QED) is 0.550. The van der Waals surface area contributed by atoms with Gasteiger partial charge in [-0.05, 0) is 42.7 Å². The van der Waals surface area contributed by atoms with Gasteiger partial charge in [-0.1, -0.05) is 60.7 Å². The van der Waals surface area contributed by atoms with Crippen LogP contribution in [0.3, 0.4) is 0 Å². The summed E-state index contributed by atoms with van der Waals surface area (Å²) in [7, 11) is 0. The summed E-state index contributed by atoms with van der Waals surface area (Å²) in [4.78, 5) is 27.2. The highest BCUT2D eigenvalue weighted by molar-refractivity contribution is 6.08. The molecule has 1 amide bonds. The maximum atomic E-state index is 12.5. The van der Waals surface area contributed by atoms with E-state index in [0.717, 1.165) is 32.5 Å². The van der Waals surface area contributed by atoms with Crippen LogP contribution >= 0.6 is 0 Å². The molecule has 1 aliphatic rings. The summed E-state index contributed by atoms with van der Waals surface area (Å²) < 4.78 is 5.62. The fourth-order valence-electron chi connectivity index (χ4n) is 3.95. The number of likely N-dealkylation sites (tertiary alicyclic amines) is 1. The number of nitrogens with zero attached hydrogens (tertiary/aromatic N) is 1.